The van der Waals surface area contributed by atoms with Crippen LogP contribution in [0, 0.1) is 0 Å². The fourth-order valence-electron chi connectivity index (χ4n) is 2.72. The van der Waals surface area contributed by atoms with Crippen LogP contribution in [0.3, 0.4) is 0 Å². The van der Waals surface area contributed by atoms with Gasteiger partial charge in [-0.3, -0.25) is 15.0 Å². The minimum absolute atomic E-state index is 0.129. The van der Waals surface area contributed by atoms with Crippen LogP contribution in [0.1, 0.15) is 23.9 Å². The summed E-state index contributed by atoms with van der Waals surface area (Å²) in [6.45, 7) is 3.80. The van der Waals surface area contributed by atoms with E-state index in [4.69, 9.17) is 0 Å². The Morgan fingerprint density at radius 1 is 1.17 bits per heavy atom. The second-order valence-corrected chi connectivity index (χ2v) is 6.88. The maximum atomic E-state index is 9.74. The summed E-state index contributed by atoms with van der Waals surface area (Å²) < 4.78 is 0. The SMILES string of the molecule is CC[C@@H](CO)N(Cc1ccccn1)Cc1ccc(-c2ccn[nH]2)s1. The largest absolute Gasteiger partial charge is 0.395 e. The molecule has 3 heterocycles. The molecule has 0 unspecified atom stereocenters. The summed E-state index contributed by atoms with van der Waals surface area (Å²) in [6, 6.07) is 12.3. The first kappa shape index (κ1) is 16.8. The molecule has 1 atom stereocenters. The zero-order valence-electron chi connectivity index (χ0n) is 13.7. The highest BCUT2D eigenvalue weighted by atomic mass is 32.1. The molecule has 3 rings (SSSR count). The van der Waals surface area contributed by atoms with Gasteiger partial charge in [0.2, 0.25) is 0 Å². The van der Waals surface area contributed by atoms with Crippen LogP contribution in [0.2, 0.25) is 0 Å². The Bertz CT molecular complexity index is 723. The van der Waals surface area contributed by atoms with Crippen LogP contribution in [0.25, 0.3) is 10.6 Å². The lowest BCUT2D eigenvalue weighted by molar-refractivity contribution is 0.106. The third-order valence-corrected chi connectivity index (χ3v) is 5.18. The van der Waals surface area contributed by atoms with Crippen LogP contribution >= 0.6 is 11.3 Å². The predicted molar refractivity (Wildman–Crippen MR) is 96.5 cm³/mol. The van der Waals surface area contributed by atoms with Crippen molar-refractivity contribution in [1.82, 2.24) is 20.1 Å². The Hall–Kier alpha value is -2.02. The van der Waals surface area contributed by atoms with Gasteiger partial charge in [0.1, 0.15) is 0 Å². The second-order valence-electron chi connectivity index (χ2n) is 5.71. The van der Waals surface area contributed by atoms with E-state index in [1.165, 1.54) is 9.75 Å². The van der Waals surface area contributed by atoms with Gasteiger partial charge in [-0.2, -0.15) is 5.10 Å². The molecule has 6 heteroatoms. The van der Waals surface area contributed by atoms with Gasteiger partial charge in [0.05, 0.1) is 22.9 Å². The first-order valence-corrected chi connectivity index (χ1v) is 8.95. The van der Waals surface area contributed by atoms with Gasteiger partial charge in [-0.15, -0.1) is 11.3 Å². The van der Waals surface area contributed by atoms with Gasteiger partial charge in [-0.25, -0.2) is 0 Å². The van der Waals surface area contributed by atoms with E-state index in [9.17, 15) is 5.11 Å². The minimum atomic E-state index is 0.129. The van der Waals surface area contributed by atoms with E-state index in [2.05, 4.69) is 39.1 Å². The zero-order valence-corrected chi connectivity index (χ0v) is 14.5. The van der Waals surface area contributed by atoms with Crippen LogP contribution in [0.5, 0.6) is 0 Å². The van der Waals surface area contributed by atoms with Crippen LogP contribution < -0.4 is 0 Å². The number of H-pyrrole nitrogens is 1. The van der Waals surface area contributed by atoms with Crippen molar-refractivity contribution in [2.24, 2.45) is 0 Å². The maximum absolute atomic E-state index is 9.74. The summed E-state index contributed by atoms with van der Waals surface area (Å²) in [5, 5.41) is 16.7. The van der Waals surface area contributed by atoms with Crippen molar-refractivity contribution in [3.8, 4) is 10.6 Å². The number of pyridine rings is 1. The molecular weight excluding hydrogens is 320 g/mol. The Labute approximate surface area is 146 Å². The molecule has 0 spiro atoms. The molecule has 5 nitrogen and oxygen atoms in total. The number of aliphatic hydroxyl groups is 1. The Morgan fingerprint density at radius 3 is 2.75 bits per heavy atom. The van der Waals surface area contributed by atoms with Gasteiger partial charge >= 0.3 is 0 Å². The molecule has 0 saturated carbocycles. The zero-order chi connectivity index (χ0) is 16.8. The van der Waals surface area contributed by atoms with Crippen LogP contribution in [-0.2, 0) is 13.1 Å². The van der Waals surface area contributed by atoms with Crippen molar-refractivity contribution in [2.75, 3.05) is 6.61 Å². The second kappa shape index (κ2) is 8.19. The molecule has 0 amide bonds. The number of rotatable bonds is 8. The molecule has 3 aromatic heterocycles. The summed E-state index contributed by atoms with van der Waals surface area (Å²) in [4.78, 5) is 9.16. The highest BCUT2D eigenvalue weighted by Crippen LogP contribution is 2.28. The van der Waals surface area contributed by atoms with Gasteiger partial charge in [0.15, 0.2) is 0 Å². The predicted octanol–water partition coefficient (Wildman–Crippen LogP) is 3.31. The third-order valence-electron chi connectivity index (χ3n) is 4.08. The summed E-state index contributed by atoms with van der Waals surface area (Å²) >= 11 is 1.75. The Balaban J connectivity index is 1.76. The lowest BCUT2D eigenvalue weighted by atomic mass is 10.2. The van der Waals surface area contributed by atoms with Gasteiger partial charge in [-0.05, 0) is 36.8 Å². The molecule has 0 bridgehead atoms. The normalized spacial score (nSPS) is 12.6. The molecule has 0 aromatic carbocycles. The number of nitrogens with zero attached hydrogens (tertiary/aromatic N) is 3. The molecule has 2 N–H and O–H groups in total. The monoisotopic (exact) mass is 342 g/mol. The molecule has 0 aliphatic heterocycles. The topological polar surface area (TPSA) is 65.0 Å². The van der Waals surface area contributed by atoms with E-state index in [1.54, 1.807) is 17.5 Å². The van der Waals surface area contributed by atoms with Crippen molar-refractivity contribution in [3.63, 3.8) is 0 Å². The first-order valence-electron chi connectivity index (χ1n) is 8.13. The van der Waals surface area contributed by atoms with Crippen LogP contribution in [0.15, 0.2) is 48.8 Å². The average molecular weight is 342 g/mol. The maximum Gasteiger partial charge on any atom is 0.0749 e. The van der Waals surface area contributed by atoms with E-state index in [0.717, 1.165) is 30.9 Å². The lowest BCUT2D eigenvalue weighted by Crippen LogP contribution is -2.36. The summed E-state index contributed by atoms with van der Waals surface area (Å²) in [6.07, 6.45) is 4.48. The Kier molecular flexibility index (Phi) is 5.74. The smallest absolute Gasteiger partial charge is 0.0749 e. The van der Waals surface area contributed by atoms with Gasteiger partial charge in [0.25, 0.3) is 0 Å². The first-order chi connectivity index (χ1) is 11.8. The number of aromatic amines is 1. The molecule has 0 radical (unpaired) electrons. The van der Waals surface area contributed by atoms with E-state index < -0.39 is 0 Å². The lowest BCUT2D eigenvalue weighted by Gasteiger charge is -2.29. The molecule has 0 aliphatic carbocycles. The summed E-state index contributed by atoms with van der Waals surface area (Å²) in [5.41, 5.74) is 2.06. The average Bonchev–Trinajstić information content (AvgIpc) is 3.28. The number of hydrogen-bond acceptors (Lipinski definition) is 5. The molecule has 3 aromatic rings. The van der Waals surface area contributed by atoms with E-state index in [1.807, 2.05) is 30.5 Å². The quantitative estimate of drug-likeness (QED) is 0.659. The summed E-state index contributed by atoms with van der Waals surface area (Å²) in [5.74, 6) is 0. The highest BCUT2D eigenvalue weighted by molar-refractivity contribution is 7.15. The number of nitrogens with one attached hydrogen (secondary N) is 1. The van der Waals surface area contributed by atoms with Crippen LogP contribution in [-0.4, -0.2) is 37.8 Å². The molecule has 24 heavy (non-hydrogen) atoms. The number of thiophene rings is 1. The van der Waals surface area contributed by atoms with E-state index in [0.29, 0.717) is 0 Å². The molecule has 126 valence electrons. The van der Waals surface area contributed by atoms with Crippen molar-refractivity contribution >= 4 is 11.3 Å². The van der Waals surface area contributed by atoms with Gasteiger partial charge in [-0.1, -0.05) is 13.0 Å². The molecule has 0 saturated heterocycles. The van der Waals surface area contributed by atoms with Gasteiger partial charge in [0, 0.05) is 36.4 Å². The van der Waals surface area contributed by atoms with E-state index >= 15 is 0 Å². The summed E-state index contributed by atoms with van der Waals surface area (Å²) in [7, 11) is 0. The number of hydrogen-bond donors (Lipinski definition) is 2. The highest BCUT2D eigenvalue weighted by Gasteiger charge is 2.18. The number of aromatic nitrogens is 3. The van der Waals surface area contributed by atoms with Crippen LogP contribution in [0.4, 0.5) is 0 Å². The third kappa shape index (κ3) is 4.08. The van der Waals surface area contributed by atoms with Crippen molar-refractivity contribution < 1.29 is 5.11 Å². The number of aliphatic hydroxyl groups excluding tert-OH is 1. The Morgan fingerprint density at radius 2 is 2.08 bits per heavy atom. The van der Waals surface area contributed by atoms with Crippen molar-refractivity contribution in [2.45, 2.75) is 32.5 Å². The van der Waals surface area contributed by atoms with E-state index in [-0.39, 0.29) is 12.6 Å². The van der Waals surface area contributed by atoms with Crippen molar-refractivity contribution in [1.29, 1.82) is 0 Å². The van der Waals surface area contributed by atoms with Crippen molar-refractivity contribution in [3.05, 3.63) is 59.4 Å². The van der Waals surface area contributed by atoms with Gasteiger partial charge < -0.3 is 5.11 Å². The standard InChI is InChI=1S/C18H22N4OS/c1-2-15(13-23)22(11-14-5-3-4-9-19-14)12-16-6-7-18(24-16)17-8-10-20-21-17/h3-10,15,23H,2,11-13H2,1H3,(H,20,21)/t15-/m0/s1. The fraction of sp³-hybridized carbons (Fsp3) is 0.333. The fourth-order valence-corrected chi connectivity index (χ4v) is 3.73. The molecule has 0 aliphatic rings. The minimum Gasteiger partial charge on any atom is -0.395 e. The molecular formula is C18H22N4OS. The molecule has 0 fully saturated rings.